The highest BCUT2D eigenvalue weighted by Gasteiger charge is 2.13. The van der Waals surface area contributed by atoms with E-state index >= 15 is 0 Å². The van der Waals surface area contributed by atoms with Crippen molar-refractivity contribution < 1.29 is 9.84 Å². The van der Waals surface area contributed by atoms with Crippen molar-refractivity contribution in [3.05, 3.63) is 57.8 Å². The summed E-state index contributed by atoms with van der Waals surface area (Å²) in [5.41, 5.74) is 1.31. The van der Waals surface area contributed by atoms with Gasteiger partial charge in [-0.15, -0.1) is 0 Å². The maximum Gasteiger partial charge on any atom is 0.137 e. The summed E-state index contributed by atoms with van der Waals surface area (Å²) in [5.74, 6) is 0.642. The Morgan fingerprint density at radius 1 is 1.15 bits per heavy atom. The molecule has 2 rings (SSSR count). The zero-order valence-corrected chi connectivity index (χ0v) is 12.5. The van der Waals surface area contributed by atoms with E-state index < -0.39 is 6.10 Å². The number of rotatable bonds is 5. The summed E-state index contributed by atoms with van der Waals surface area (Å²) in [6.45, 7) is 2.65. The third kappa shape index (κ3) is 3.63. The summed E-state index contributed by atoms with van der Waals surface area (Å²) in [7, 11) is 0. The fourth-order valence-corrected chi connectivity index (χ4v) is 2.07. The van der Waals surface area contributed by atoms with Gasteiger partial charge in [0.15, 0.2) is 0 Å². The Hall–Kier alpha value is -1.29. The van der Waals surface area contributed by atoms with Gasteiger partial charge in [-0.3, -0.25) is 4.98 Å². The molecule has 0 aliphatic rings. The van der Waals surface area contributed by atoms with E-state index in [0.29, 0.717) is 33.5 Å². The number of aromatic nitrogens is 1. The standard InChI is InChI=1S/C15H15Cl2NO2/c1-2-5-20-12-6-11(8-18-9-12)15(19)10-3-4-13(16)14(17)7-10/h3-4,6-9,15,19H,2,5H2,1H3. The van der Waals surface area contributed by atoms with Crippen molar-refractivity contribution >= 4 is 23.2 Å². The first kappa shape index (κ1) is 15.1. The van der Waals surface area contributed by atoms with E-state index in [4.69, 9.17) is 27.9 Å². The molecule has 0 bridgehead atoms. The number of pyridine rings is 1. The van der Waals surface area contributed by atoms with Gasteiger partial charge in [-0.05, 0) is 30.2 Å². The lowest BCUT2D eigenvalue weighted by molar-refractivity contribution is 0.218. The van der Waals surface area contributed by atoms with E-state index in [-0.39, 0.29) is 0 Å². The Balaban J connectivity index is 2.23. The number of hydrogen-bond donors (Lipinski definition) is 1. The second kappa shape index (κ2) is 6.93. The molecule has 0 radical (unpaired) electrons. The average molecular weight is 312 g/mol. The van der Waals surface area contributed by atoms with Gasteiger partial charge in [0.05, 0.1) is 22.8 Å². The molecule has 0 saturated carbocycles. The molecule has 1 aromatic carbocycles. The van der Waals surface area contributed by atoms with E-state index in [0.717, 1.165) is 6.42 Å². The highest BCUT2D eigenvalue weighted by atomic mass is 35.5. The van der Waals surface area contributed by atoms with Crippen LogP contribution in [-0.2, 0) is 0 Å². The van der Waals surface area contributed by atoms with E-state index in [1.165, 1.54) is 0 Å². The van der Waals surface area contributed by atoms with Gasteiger partial charge in [0.25, 0.3) is 0 Å². The number of hydrogen-bond acceptors (Lipinski definition) is 3. The molecule has 1 heterocycles. The van der Waals surface area contributed by atoms with Gasteiger partial charge in [-0.25, -0.2) is 0 Å². The minimum atomic E-state index is -0.817. The summed E-state index contributed by atoms with van der Waals surface area (Å²) >= 11 is 11.8. The monoisotopic (exact) mass is 311 g/mol. The lowest BCUT2D eigenvalue weighted by atomic mass is 10.0. The second-order valence-electron chi connectivity index (χ2n) is 4.38. The zero-order chi connectivity index (χ0) is 14.5. The first-order valence-electron chi connectivity index (χ1n) is 6.32. The highest BCUT2D eigenvalue weighted by molar-refractivity contribution is 6.42. The maximum atomic E-state index is 10.4. The number of halogens is 2. The van der Waals surface area contributed by atoms with Gasteiger partial charge >= 0.3 is 0 Å². The van der Waals surface area contributed by atoms with Gasteiger partial charge < -0.3 is 9.84 Å². The van der Waals surface area contributed by atoms with Crippen molar-refractivity contribution in [3.8, 4) is 5.75 Å². The molecule has 3 nitrogen and oxygen atoms in total. The van der Waals surface area contributed by atoms with Crippen LogP contribution in [0.3, 0.4) is 0 Å². The largest absolute Gasteiger partial charge is 0.492 e. The van der Waals surface area contributed by atoms with Crippen LogP contribution in [0.25, 0.3) is 0 Å². The molecule has 1 unspecified atom stereocenters. The van der Waals surface area contributed by atoms with Crippen LogP contribution in [0.2, 0.25) is 10.0 Å². The van der Waals surface area contributed by atoms with Crippen molar-refractivity contribution in [2.75, 3.05) is 6.61 Å². The Bertz CT molecular complexity index is 590. The predicted molar refractivity (Wildman–Crippen MR) is 80.5 cm³/mol. The van der Waals surface area contributed by atoms with Crippen LogP contribution in [0.15, 0.2) is 36.7 Å². The van der Waals surface area contributed by atoms with Crippen LogP contribution >= 0.6 is 23.2 Å². The number of aliphatic hydroxyl groups excluding tert-OH is 1. The fraction of sp³-hybridized carbons (Fsp3) is 0.267. The zero-order valence-electron chi connectivity index (χ0n) is 11.0. The molecule has 20 heavy (non-hydrogen) atoms. The van der Waals surface area contributed by atoms with Gasteiger partial charge in [-0.1, -0.05) is 36.2 Å². The quantitative estimate of drug-likeness (QED) is 0.897. The van der Waals surface area contributed by atoms with Crippen LogP contribution in [-0.4, -0.2) is 16.7 Å². The molecule has 1 N–H and O–H groups in total. The van der Waals surface area contributed by atoms with Crippen LogP contribution in [0.5, 0.6) is 5.75 Å². The number of aliphatic hydroxyl groups is 1. The summed E-state index contributed by atoms with van der Waals surface area (Å²) in [5, 5.41) is 11.2. The topological polar surface area (TPSA) is 42.4 Å². The molecule has 0 amide bonds. The Kier molecular flexibility index (Phi) is 5.24. The average Bonchev–Trinajstić information content (AvgIpc) is 2.47. The third-order valence-electron chi connectivity index (χ3n) is 2.78. The smallest absolute Gasteiger partial charge is 0.137 e. The van der Waals surface area contributed by atoms with Crippen molar-refractivity contribution in [2.45, 2.75) is 19.4 Å². The summed E-state index contributed by atoms with van der Waals surface area (Å²) in [6, 6.07) is 6.82. The van der Waals surface area contributed by atoms with Crippen molar-refractivity contribution in [1.29, 1.82) is 0 Å². The number of ether oxygens (including phenoxy) is 1. The van der Waals surface area contributed by atoms with Crippen molar-refractivity contribution in [3.63, 3.8) is 0 Å². The summed E-state index contributed by atoms with van der Waals surface area (Å²) < 4.78 is 5.50. The van der Waals surface area contributed by atoms with Gasteiger partial charge in [0, 0.05) is 11.8 Å². The normalized spacial score (nSPS) is 12.2. The van der Waals surface area contributed by atoms with Crippen molar-refractivity contribution in [1.82, 2.24) is 4.98 Å². The van der Waals surface area contributed by atoms with Gasteiger partial charge in [0.2, 0.25) is 0 Å². The number of benzene rings is 1. The predicted octanol–water partition coefficient (Wildman–Crippen LogP) is 4.26. The first-order valence-corrected chi connectivity index (χ1v) is 7.08. The molecule has 2 aromatic rings. The molecule has 0 spiro atoms. The van der Waals surface area contributed by atoms with Gasteiger partial charge in [-0.2, -0.15) is 0 Å². The second-order valence-corrected chi connectivity index (χ2v) is 5.19. The Morgan fingerprint density at radius 2 is 1.95 bits per heavy atom. The first-order chi connectivity index (χ1) is 9.61. The molecule has 1 aromatic heterocycles. The molecule has 1 atom stereocenters. The summed E-state index contributed by atoms with van der Waals surface area (Å²) in [4.78, 5) is 4.08. The van der Waals surface area contributed by atoms with Crippen LogP contribution in [0.4, 0.5) is 0 Å². The lowest BCUT2D eigenvalue weighted by Gasteiger charge is -2.13. The molecule has 5 heteroatoms. The minimum absolute atomic E-state index is 0.412. The van der Waals surface area contributed by atoms with Crippen LogP contribution in [0, 0.1) is 0 Å². The molecular formula is C15H15Cl2NO2. The number of nitrogens with zero attached hydrogens (tertiary/aromatic N) is 1. The molecular weight excluding hydrogens is 297 g/mol. The SMILES string of the molecule is CCCOc1cncc(C(O)c2ccc(Cl)c(Cl)c2)c1. The molecule has 106 valence electrons. The Labute approximate surface area is 128 Å². The maximum absolute atomic E-state index is 10.4. The summed E-state index contributed by atoms with van der Waals surface area (Å²) in [6.07, 6.45) is 3.33. The fourth-order valence-electron chi connectivity index (χ4n) is 1.76. The molecule has 0 aliphatic carbocycles. The molecule has 0 saturated heterocycles. The lowest BCUT2D eigenvalue weighted by Crippen LogP contribution is -2.02. The minimum Gasteiger partial charge on any atom is -0.492 e. The van der Waals surface area contributed by atoms with E-state index in [9.17, 15) is 5.11 Å². The molecule has 0 fully saturated rings. The van der Waals surface area contributed by atoms with Crippen molar-refractivity contribution in [2.24, 2.45) is 0 Å². The van der Waals surface area contributed by atoms with Gasteiger partial charge in [0.1, 0.15) is 11.9 Å². The third-order valence-corrected chi connectivity index (χ3v) is 3.52. The van der Waals surface area contributed by atoms with Crippen LogP contribution < -0.4 is 4.74 Å². The van der Waals surface area contributed by atoms with E-state index in [1.54, 1.807) is 36.7 Å². The Morgan fingerprint density at radius 3 is 2.65 bits per heavy atom. The van der Waals surface area contributed by atoms with Crippen LogP contribution in [0.1, 0.15) is 30.6 Å². The van der Waals surface area contributed by atoms with E-state index in [1.807, 2.05) is 6.92 Å². The molecule has 0 aliphatic heterocycles. The van der Waals surface area contributed by atoms with E-state index in [2.05, 4.69) is 4.98 Å². The highest BCUT2D eigenvalue weighted by Crippen LogP contribution is 2.29.